The van der Waals surface area contributed by atoms with E-state index in [9.17, 15) is 4.79 Å². The number of carbonyl (C=O) groups is 1. The van der Waals surface area contributed by atoms with Crippen LogP contribution < -0.4 is 10.2 Å². The zero-order valence-electron chi connectivity index (χ0n) is 20.1. The standard InChI is InChI=1S/C28H30N6O/c1-20-15-21(2)34(32-20)27-16-26(30-19-31-27)33-17-24(18-33)28(35)29-14-13-25(22-9-5-3-6-10-22)23-11-7-4-8-12-23/h3-12,15-16,19,24-25H,13-14,17-18H2,1-2H3,(H,29,35). The van der Waals surface area contributed by atoms with Gasteiger partial charge in [0.05, 0.1) is 11.6 Å². The van der Waals surface area contributed by atoms with Gasteiger partial charge in [-0.1, -0.05) is 60.7 Å². The number of benzene rings is 2. The molecule has 0 aliphatic carbocycles. The van der Waals surface area contributed by atoms with E-state index < -0.39 is 0 Å². The highest BCUT2D eigenvalue weighted by atomic mass is 16.2. The molecule has 2 aromatic heterocycles. The van der Waals surface area contributed by atoms with E-state index in [4.69, 9.17) is 0 Å². The number of nitrogens with one attached hydrogen (secondary N) is 1. The van der Waals surface area contributed by atoms with Gasteiger partial charge in [-0.2, -0.15) is 5.10 Å². The van der Waals surface area contributed by atoms with Crippen LogP contribution in [0.4, 0.5) is 5.82 Å². The largest absolute Gasteiger partial charge is 0.356 e. The Labute approximate surface area is 205 Å². The number of nitrogens with zero attached hydrogens (tertiary/aromatic N) is 5. The van der Waals surface area contributed by atoms with Crippen molar-refractivity contribution in [2.24, 2.45) is 5.92 Å². The summed E-state index contributed by atoms with van der Waals surface area (Å²) in [6, 6.07) is 24.9. The maximum absolute atomic E-state index is 12.8. The summed E-state index contributed by atoms with van der Waals surface area (Å²) in [5.41, 5.74) is 4.51. The van der Waals surface area contributed by atoms with E-state index in [2.05, 4.69) is 73.8 Å². The number of aryl methyl sites for hydroxylation is 2. The number of carbonyl (C=O) groups excluding carboxylic acids is 1. The van der Waals surface area contributed by atoms with Gasteiger partial charge in [0.15, 0.2) is 5.82 Å². The summed E-state index contributed by atoms with van der Waals surface area (Å²) in [6.07, 6.45) is 2.41. The SMILES string of the molecule is Cc1cc(C)n(-c2cc(N3CC(C(=O)NCCC(c4ccccc4)c4ccccc4)C3)ncn2)n1. The predicted molar refractivity (Wildman–Crippen MR) is 137 cm³/mol. The fourth-order valence-corrected chi connectivity index (χ4v) is 4.70. The van der Waals surface area contributed by atoms with Gasteiger partial charge in [0.2, 0.25) is 5.91 Å². The number of rotatable bonds is 8. The van der Waals surface area contributed by atoms with Crippen molar-refractivity contribution >= 4 is 11.7 Å². The van der Waals surface area contributed by atoms with Gasteiger partial charge in [-0.05, 0) is 37.5 Å². The molecule has 1 aliphatic heterocycles. The maximum atomic E-state index is 12.8. The lowest BCUT2D eigenvalue weighted by molar-refractivity contribution is -0.125. The van der Waals surface area contributed by atoms with Gasteiger partial charge >= 0.3 is 0 Å². The van der Waals surface area contributed by atoms with Gasteiger partial charge in [-0.25, -0.2) is 14.6 Å². The molecule has 0 radical (unpaired) electrons. The molecular formula is C28H30N6O. The van der Waals surface area contributed by atoms with Gasteiger partial charge in [-0.15, -0.1) is 0 Å². The average Bonchev–Trinajstić information content (AvgIpc) is 3.20. The second-order valence-corrected chi connectivity index (χ2v) is 9.13. The Balaban J connectivity index is 1.16. The van der Waals surface area contributed by atoms with Crippen molar-refractivity contribution in [2.45, 2.75) is 26.2 Å². The molecule has 35 heavy (non-hydrogen) atoms. The molecule has 7 nitrogen and oxygen atoms in total. The molecule has 1 amide bonds. The van der Waals surface area contributed by atoms with Crippen molar-refractivity contribution in [3.8, 4) is 5.82 Å². The van der Waals surface area contributed by atoms with Crippen LogP contribution in [0.5, 0.6) is 0 Å². The van der Waals surface area contributed by atoms with Crippen molar-refractivity contribution in [1.29, 1.82) is 0 Å². The van der Waals surface area contributed by atoms with Gasteiger partial charge in [-0.3, -0.25) is 4.79 Å². The van der Waals surface area contributed by atoms with E-state index in [0.29, 0.717) is 19.6 Å². The Morgan fingerprint density at radius 3 is 2.17 bits per heavy atom. The Bertz CT molecular complexity index is 1240. The molecule has 1 aliphatic rings. The lowest BCUT2D eigenvalue weighted by atomic mass is 9.88. The first kappa shape index (κ1) is 22.8. The normalized spacial score (nSPS) is 13.6. The molecule has 3 heterocycles. The maximum Gasteiger partial charge on any atom is 0.226 e. The average molecular weight is 467 g/mol. The minimum absolute atomic E-state index is 0.0333. The molecule has 2 aromatic carbocycles. The molecule has 0 saturated carbocycles. The van der Waals surface area contributed by atoms with Crippen LogP contribution in [0.1, 0.15) is 34.9 Å². The molecule has 0 spiro atoms. The summed E-state index contributed by atoms with van der Waals surface area (Å²) in [6.45, 7) is 5.91. The van der Waals surface area contributed by atoms with Crippen LogP contribution in [-0.2, 0) is 4.79 Å². The van der Waals surface area contributed by atoms with Crippen LogP contribution in [0.15, 0.2) is 79.1 Å². The third-order valence-corrected chi connectivity index (χ3v) is 6.58. The lowest BCUT2D eigenvalue weighted by Crippen LogP contribution is -2.54. The number of amides is 1. The number of hydrogen-bond donors (Lipinski definition) is 1. The van der Waals surface area contributed by atoms with Crippen molar-refractivity contribution in [3.05, 3.63) is 102 Å². The summed E-state index contributed by atoms with van der Waals surface area (Å²) < 4.78 is 1.82. The van der Waals surface area contributed by atoms with E-state index in [1.807, 2.05) is 42.8 Å². The molecule has 4 aromatic rings. The zero-order valence-corrected chi connectivity index (χ0v) is 20.1. The van der Waals surface area contributed by atoms with Gasteiger partial charge in [0.25, 0.3) is 0 Å². The Kier molecular flexibility index (Phi) is 6.57. The number of aromatic nitrogens is 4. The predicted octanol–water partition coefficient (Wildman–Crippen LogP) is 4.05. The smallest absolute Gasteiger partial charge is 0.226 e. The highest BCUT2D eigenvalue weighted by molar-refractivity contribution is 5.81. The Morgan fingerprint density at radius 2 is 1.57 bits per heavy atom. The molecule has 7 heteroatoms. The quantitative estimate of drug-likeness (QED) is 0.424. The Morgan fingerprint density at radius 1 is 0.943 bits per heavy atom. The van der Waals surface area contributed by atoms with Crippen LogP contribution in [0.2, 0.25) is 0 Å². The number of hydrogen-bond acceptors (Lipinski definition) is 5. The summed E-state index contributed by atoms with van der Waals surface area (Å²) in [7, 11) is 0. The minimum Gasteiger partial charge on any atom is -0.356 e. The molecule has 5 rings (SSSR count). The summed E-state index contributed by atoms with van der Waals surface area (Å²) in [4.78, 5) is 23.7. The van der Waals surface area contributed by atoms with Crippen molar-refractivity contribution in [1.82, 2.24) is 25.1 Å². The topological polar surface area (TPSA) is 75.9 Å². The van der Waals surface area contributed by atoms with E-state index in [1.54, 1.807) is 6.33 Å². The third-order valence-electron chi connectivity index (χ3n) is 6.58. The third kappa shape index (κ3) is 5.09. The second-order valence-electron chi connectivity index (χ2n) is 9.13. The highest BCUT2D eigenvalue weighted by Gasteiger charge is 2.33. The number of anilines is 1. The molecule has 0 atom stereocenters. The van der Waals surface area contributed by atoms with E-state index in [-0.39, 0.29) is 17.7 Å². The minimum atomic E-state index is -0.0333. The van der Waals surface area contributed by atoms with Gasteiger partial charge in [0.1, 0.15) is 12.1 Å². The van der Waals surface area contributed by atoms with Crippen LogP contribution in [-0.4, -0.2) is 45.3 Å². The zero-order chi connectivity index (χ0) is 24.2. The molecule has 1 saturated heterocycles. The van der Waals surface area contributed by atoms with Crippen molar-refractivity contribution < 1.29 is 4.79 Å². The van der Waals surface area contributed by atoms with Crippen LogP contribution >= 0.6 is 0 Å². The summed E-state index contributed by atoms with van der Waals surface area (Å²) in [5, 5.41) is 7.66. The summed E-state index contributed by atoms with van der Waals surface area (Å²) >= 11 is 0. The molecular weight excluding hydrogens is 436 g/mol. The van der Waals surface area contributed by atoms with E-state index in [0.717, 1.165) is 29.4 Å². The first-order valence-electron chi connectivity index (χ1n) is 12.1. The molecule has 0 unspecified atom stereocenters. The molecule has 178 valence electrons. The van der Waals surface area contributed by atoms with E-state index in [1.165, 1.54) is 11.1 Å². The molecule has 1 fully saturated rings. The first-order chi connectivity index (χ1) is 17.1. The van der Waals surface area contributed by atoms with Crippen LogP contribution in [0.25, 0.3) is 5.82 Å². The molecule has 0 bridgehead atoms. The Hall–Kier alpha value is -4.00. The van der Waals surface area contributed by atoms with E-state index >= 15 is 0 Å². The first-order valence-corrected chi connectivity index (χ1v) is 12.1. The molecule has 1 N–H and O–H groups in total. The van der Waals surface area contributed by atoms with Gasteiger partial charge in [0, 0.05) is 37.3 Å². The summed E-state index contributed by atoms with van der Waals surface area (Å²) in [5.74, 6) is 1.88. The van der Waals surface area contributed by atoms with Gasteiger partial charge < -0.3 is 10.2 Å². The second kappa shape index (κ2) is 10.1. The lowest BCUT2D eigenvalue weighted by Gasteiger charge is -2.39. The van der Waals surface area contributed by atoms with Crippen LogP contribution in [0.3, 0.4) is 0 Å². The monoisotopic (exact) mass is 466 g/mol. The van der Waals surface area contributed by atoms with Crippen molar-refractivity contribution in [2.75, 3.05) is 24.5 Å². The fourth-order valence-electron chi connectivity index (χ4n) is 4.70. The van der Waals surface area contributed by atoms with Crippen molar-refractivity contribution in [3.63, 3.8) is 0 Å². The van der Waals surface area contributed by atoms with Crippen LogP contribution in [0, 0.1) is 19.8 Å². The highest BCUT2D eigenvalue weighted by Crippen LogP contribution is 2.28. The fraction of sp³-hybridized carbons (Fsp3) is 0.286.